The van der Waals surface area contributed by atoms with E-state index in [2.05, 4.69) is 9.72 Å². The van der Waals surface area contributed by atoms with Crippen molar-refractivity contribution in [3.05, 3.63) is 41.8 Å². The summed E-state index contributed by atoms with van der Waals surface area (Å²) in [5.74, 6) is -1.54. The number of carbonyl (C=O) groups excluding carboxylic acids is 1. The molecule has 0 aliphatic rings. The van der Waals surface area contributed by atoms with E-state index in [1.807, 2.05) is 0 Å². The van der Waals surface area contributed by atoms with E-state index in [9.17, 15) is 13.6 Å². The van der Waals surface area contributed by atoms with Crippen molar-refractivity contribution in [1.82, 2.24) is 4.98 Å². The number of hydrogen-bond acceptors (Lipinski definition) is 5. The lowest BCUT2D eigenvalue weighted by molar-refractivity contribution is -0.139. The van der Waals surface area contributed by atoms with Crippen molar-refractivity contribution in [3.8, 4) is 11.5 Å². The summed E-state index contributed by atoms with van der Waals surface area (Å²) in [6.07, 6.45) is 1.42. The average molecular weight is 313 g/mol. The van der Waals surface area contributed by atoms with Gasteiger partial charge < -0.3 is 9.15 Å². The maximum Gasteiger partial charge on any atom is 0.318 e. The van der Waals surface area contributed by atoms with Crippen LogP contribution in [0.2, 0.25) is 0 Å². The van der Waals surface area contributed by atoms with Crippen molar-refractivity contribution in [2.45, 2.75) is 17.9 Å². The molecule has 0 aliphatic heterocycles. The predicted octanol–water partition coefficient (Wildman–Crippen LogP) is 3.41. The van der Waals surface area contributed by atoms with Crippen LogP contribution in [-0.2, 0) is 15.3 Å². The van der Waals surface area contributed by atoms with E-state index in [1.54, 1.807) is 6.92 Å². The smallest absolute Gasteiger partial charge is 0.318 e. The monoisotopic (exact) mass is 313 g/mol. The number of carbonyl (C=O) groups is 1. The van der Waals surface area contributed by atoms with Gasteiger partial charge >= 0.3 is 5.97 Å². The molecule has 4 nitrogen and oxygen atoms in total. The molecule has 21 heavy (non-hydrogen) atoms. The normalized spacial score (nSPS) is 12.2. The Morgan fingerprint density at radius 1 is 1.43 bits per heavy atom. The third-order valence-electron chi connectivity index (χ3n) is 2.73. The number of methoxy groups -OCH3 is 1. The van der Waals surface area contributed by atoms with Crippen LogP contribution in [0.3, 0.4) is 0 Å². The molecular weight excluding hydrogens is 300 g/mol. The minimum atomic E-state index is -0.957. The number of hydrogen-bond donors (Lipinski definition) is 0. The highest BCUT2D eigenvalue weighted by Crippen LogP contribution is 2.24. The molecule has 1 aromatic carbocycles. The second-order valence-corrected chi connectivity index (χ2v) is 5.58. The molecule has 0 aliphatic carbocycles. The van der Waals surface area contributed by atoms with E-state index >= 15 is 0 Å². The summed E-state index contributed by atoms with van der Waals surface area (Å²) in [5, 5.41) is -0.321. The predicted molar refractivity (Wildman–Crippen MR) is 74.6 cm³/mol. The zero-order valence-electron chi connectivity index (χ0n) is 11.4. The van der Waals surface area contributed by atoms with Gasteiger partial charge in [-0.25, -0.2) is 13.8 Å². The first-order valence-corrected chi connectivity index (χ1v) is 7.15. The van der Waals surface area contributed by atoms with E-state index in [0.29, 0.717) is 17.0 Å². The molecule has 0 saturated heterocycles. The van der Waals surface area contributed by atoms with Gasteiger partial charge in [0.1, 0.15) is 6.26 Å². The molecule has 0 amide bonds. The first-order chi connectivity index (χ1) is 10.0. The molecule has 1 aromatic heterocycles. The van der Waals surface area contributed by atoms with Gasteiger partial charge in [-0.15, -0.1) is 11.8 Å². The third kappa shape index (κ3) is 3.81. The summed E-state index contributed by atoms with van der Waals surface area (Å²) in [6, 6.07) is 3.43. The van der Waals surface area contributed by atoms with Crippen LogP contribution in [0.1, 0.15) is 12.6 Å². The number of oxazole rings is 1. The lowest BCUT2D eigenvalue weighted by Gasteiger charge is -2.06. The molecule has 0 saturated carbocycles. The van der Waals surface area contributed by atoms with Crippen LogP contribution in [0.5, 0.6) is 0 Å². The highest BCUT2D eigenvalue weighted by atomic mass is 32.2. The lowest BCUT2D eigenvalue weighted by Crippen LogP contribution is -2.14. The molecule has 112 valence electrons. The van der Waals surface area contributed by atoms with E-state index in [-0.39, 0.29) is 17.1 Å². The number of ether oxygens (including phenoxy) is 1. The fourth-order valence-electron chi connectivity index (χ4n) is 1.58. The second-order valence-electron chi connectivity index (χ2n) is 4.25. The standard InChI is InChI=1S/C14H13F2NO3S/c1-8(14(18)19-2)21-7-10-6-20-13(17-10)9-3-4-11(15)12(16)5-9/h3-6,8H,7H2,1-2H3/t8-/m0/s1. The molecule has 0 bridgehead atoms. The van der Waals surface area contributed by atoms with Crippen LogP contribution in [0.25, 0.3) is 11.5 Å². The highest BCUT2D eigenvalue weighted by Gasteiger charge is 2.15. The van der Waals surface area contributed by atoms with Gasteiger partial charge in [0.2, 0.25) is 5.89 Å². The maximum atomic E-state index is 13.2. The molecule has 0 N–H and O–H groups in total. The number of nitrogens with zero attached hydrogens (tertiary/aromatic N) is 1. The minimum Gasteiger partial charge on any atom is -0.468 e. The van der Waals surface area contributed by atoms with Gasteiger partial charge in [-0.2, -0.15) is 0 Å². The third-order valence-corrected chi connectivity index (χ3v) is 3.89. The fraction of sp³-hybridized carbons (Fsp3) is 0.286. The van der Waals surface area contributed by atoms with Gasteiger partial charge in [0.05, 0.1) is 18.1 Å². The molecule has 0 spiro atoms. The Kier molecular flexibility index (Phi) is 4.95. The van der Waals surface area contributed by atoms with E-state index in [0.717, 1.165) is 12.1 Å². The Labute approximate surface area is 124 Å². The summed E-state index contributed by atoms with van der Waals surface area (Å²) >= 11 is 1.35. The summed E-state index contributed by atoms with van der Waals surface area (Å²) in [5.41, 5.74) is 0.960. The Hall–Kier alpha value is -1.89. The summed E-state index contributed by atoms with van der Waals surface area (Å²) in [7, 11) is 1.33. The van der Waals surface area contributed by atoms with Gasteiger partial charge in [0.15, 0.2) is 11.6 Å². The van der Waals surface area contributed by atoms with Crippen molar-refractivity contribution >= 4 is 17.7 Å². The number of benzene rings is 1. The quantitative estimate of drug-likeness (QED) is 0.792. The molecule has 1 heterocycles. The Bertz CT molecular complexity index is 645. The topological polar surface area (TPSA) is 52.3 Å². The number of halogens is 2. The van der Waals surface area contributed by atoms with Crippen molar-refractivity contribution in [2.24, 2.45) is 0 Å². The lowest BCUT2D eigenvalue weighted by atomic mass is 10.2. The minimum absolute atomic E-state index is 0.204. The van der Waals surface area contributed by atoms with Crippen molar-refractivity contribution in [3.63, 3.8) is 0 Å². The van der Waals surface area contributed by atoms with Gasteiger partial charge in [0, 0.05) is 11.3 Å². The van der Waals surface area contributed by atoms with Gasteiger partial charge in [-0.05, 0) is 25.1 Å². The summed E-state index contributed by atoms with van der Waals surface area (Å²) < 4.78 is 35.9. The van der Waals surface area contributed by atoms with Gasteiger partial charge in [-0.3, -0.25) is 4.79 Å². The zero-order chi connectivity index (χ0) is 15.4. The molecule has 2 rings (SSSR count). The number of thioether (sulfide) groups is 1. The van der Waals surface area contributed by atoms with E-state index < -0.39 is 11.6 Å². The van der Waals surface area contributed by atoms with E-state index in [4.69, 9.17) is 4.42 Å². The van der Waals surface area contributed by atoms with Crippen LogP contribution in [0.4, 0.5) is 8.78 Å². The van der Waals surface area contributed by atoms with Crippen LogP contribution < -0.4 is 0 Å². The Morgan fingerprint density at radius 3 is 2.86 bits per heavy atom. The van der Waals surface area contributed by atoms with Gasteiger partial charge in [-0.1, -0.05) is 0 Å². The number of esters is 1. The van der Waals surface area contributed by atoms with Crippen LogP contribution in [-0.4, -0.2) is 23.3 Å². The van der Waals surface area contributed by atoms with Crippen molar-refractivity contribution < 1.29 is 22.7 Å². The van der Waals surface area contributed by atoms with E-state index in [1.165, 1.54) is 31.2 Å². The Morgan fingerprint density at radius 2 is 2.19 bits per heavy atom. The zero-order valence-corrected chi connectivity index (χ0v) is 12.2. The molecule has 1 atom stereocenters. The highest BCUT2D eigenvalue weighted by molar-refractivity contribution is 7.99. The van der Waals surface area contributed by atoms with Crippen LogP contribution in [0, 0.1) is 11.6 Å². The van der Waals surface area contributed by atoms with Crippen molar-refractivity contribution in [2.75, 3.05) is 7.11 Å². The number of rotatable bonds is 5. The second kappa shape index (κ2) is 6.71. The first kappa shape index (κ1) is 15.5. The summed E-state index contributed by atoms with van der Waals surface area (Å²) in [4.78, 5) is 15.4. The van der Waals surface area contributed by atoms with Crippen LogP contribution in [0.15, 0.2) is 28.9 Å². The molecule has 7 heteroatoms. The Balaban J connectivity index is 2.04. The van der Waals surface area contributed by atoms with Crippen LogP contribution >= 0.6 is 11.8 Å². The average Bonchev–Trinajstić information content (AvgIpc) is 2.95. The molecule has 0 fully saturated rings. The molecule has 2 aromatic rings. The fourth-order valence-corrected chi connectivity index (χ4v) is 2.37. The molecule has 0 unspecified atom stereocenters. The number of aromatic nitrogens is 1. The largest absolute Gasteiger partial charge is 0.468 e. The SMILES string of the molecule is COC(=O)[C@H](C)SCc1coc(-c2ccc(F)c(F)c2)n1. The first-order valence-electron chi connectivity index (χ1n) is 6.10. The summed E-state index contributed by atoms with van der Waals surface area (Å²) in [6.45, 7) is 1.73. The van der Waals surface area contributed by atoms with Gasteiger partial charge in [0.25, 0.3) is 0 Å². The maximum absolute atomic E-state index is 13.2. The molecular formula is C14H13F2NO3S. The molecule has 0 radical (unpaired) electrons. The van der Waals surface area contributed by atoms with Crippen molar-refractivity contribution in [1.29, 1.82) is 0 Å².